The molecule has 17 heavy (non-hydrogen) atoms. The van der Waals surface area contributed by atoms with Gasteiger partial charge < -0.3 is 15.3 Å². The molecule has 0 aromatic heterocycles. The molecule has 1 fully saturated rings. The van der Waals surface area contributed by atoms with Crippen LogP contribution in [0.2, 0.25) is 0 Å². The van der Waals surface area contributed by atoms with Crippen LogP contribution in [0.3, 0.4) is 0 Å². The van der Waals surface area contributed by atoms with Crippen LogP contribution < -0.4 is 10.2 Å². The zero-order valence-corrected chi connectivity index (χ0v) is 13.6. The maximum absolute atomic E-state index is 9.70. The van der Waals surface area contributed by atoms with E-state index in [2.05, 4.69) is 22.3 Å². The molecule has 0 radical (unpaired) electrons. The molecule has 0 unspecified atom stereocenters. The Balaban J connectivity index is 0.00000128. The first-order valence-corrected chi connectivity index (χ1v) is 5.44. The number of aromatic hydroxyl groups is 1. The molecule has 0 spiro atoms. The molecule has 5 heteroatoms. The van der Waals surface area contributed by atoms with Crippen LogP contribution in [0.5, 0.6) is 5.75 Å². The quantitative estimate of drug-likeness (QED) is 0.800. The summed E-state index contributed by atoms with van der Waals surface area (Å²) in [5.74, 6) is 0.425. The number of phenols is 1. The van der Waals surface area contributed by atoms with E-state index < -0.39 is 0 Å². The van der Waals surface area contributed by atoms with E-state index in [0.717, 1.165) is 37.3 Å². The van der Waals surface area contributed by atoms with Crippen LogP contribution in [-0.2, 0) is 0 Å². The standard InChI is InChI=1S/C12H18N2O.2BrH/c1-9-7-11(8-10(2)12(9)15)14-5-3-13-4-6-14;;/h7-8,13,15H,3-6H2,1-2H3;2*1H. The Labute approximate surface area is 124 Å². The molecule has 98 valence electrons. The van der Waals surface area contributed by atoms with Crippen molar-refractivity contribution >= 4 is 39.7 Å². The number of piperazine rings is 1. The Morgan fingerprint density at radius 2 is 1.53 bits per heavy atom. The second-order valence-corrected chi connectivity index (χ2v) is 4.17. The summed E-state index contributed by atoms with van der Waals surface area (Å²) < 4.78 is 0. The molecule has 1 aromatic carbocycles. The third-order valence-corrected chi connectivity index (χ3v) is 2.96. The molecule has 0 atom stereocenters. The number of rotatable bonds is 1. The lowest BCUT2D eigenvalue weighted by Gasteiger charge is -2.30. The molecule has 2 rings (SSSR count). The molecule has 0 saturated carbocycles. The van der Waals surface area contributed by atoms with E-state index in [1.54, 1.807) is 0 Å². The SMILES string of the molecule is Br.Br.Cc1cc(N2CCNCC2)cc(C)c1O. The van der Waals surface area contributed by atoms with Gasteiger partial charge in [0, 0.05) is 31.9 Å². The highest BCUT2D eigenvalue weighted by Gasteiger charge is 2.12. The average Bonchev–Trinajstić information content (AvgIpc) is 2.26. The smallest absolute Gasteiger partial charge is 0.121 e. The van der Waals surface area contributed by atoms with Crippen LogP contribution >= 0.6 is 34.0 Å². The zero-order valence-electron chi connectivity index (χ0n) is 10.2. The zero-order chi connectivity index (χ0) is 10.8. The third kappa shape index (κ3) is 3.86. The molecule has 1 aromatic rings. The monoisotopic (exact) mass is 366 g/mol. The number of phenolic OH excluding ortho intramolecular Hbond substituents is 1. The Hall–Kier alpha value is -0.260. The van der Waals surface area contributed by atoms with Gasteiger partial charge in [-0.3, -0.25) is 0 Å². The molecule has 3 nitrogen and oxygen atoms in total. The number of nitrogens with zero attached hydrogens (tertiary/aromatic N) is 1. The number of halogens is 2. The maximum atomic E-state index is 9.70. The Morgan fingerprint density at radius 3 is 2.00 bits per heavy atom. The summed E-state index contributed by atoms with van der Waals surface area (Å²) in [6.07, 6.45) is 0. The summed E-state index contributed by atoms with van der Waals surface area (Å²) in [6, 6.07) is 4.13. The summed E-state index contributed by atoms with van der Waals surface area (Å²) in [4.78, 5) is 2.36. The Morgan fingerprint density at radius 1 is 1.06 bits per heavy atom. The minimum absolute atomic E-state index is 0. The number of aryl methyl sites for hydroxylation is 2. The van der Waals surface area contributed by atoms with E-state index in [-0.39, 0.29) is 34.0 Å². The van der Waals surface area contributed by atoms with E-state index in [0.29, 0.717) is 5.75 Å². The van der Waals surface area contributed by atoms with Gasteiger partial charge in [0.15, 0.2) is 0 Å². The van der Waals surface area contributed by atoms with Crippen molar-refractivity contribution in [3.05, 3.63) is 23.3 Å². The third-order valence-electron chi connectivity index (χ3n) is 2.96. The second-order valence-electron chi connectivity index (χ2n) is 4.17. The number of anilines is 1. The van der Waals surface area contributed by atoms with E-state index in [1.807, 2.05) is 13.8 Å². The molecule has 0 amide bonds. The fourth-order valence-electron chi connectivity index (χ4n) is 2.04. The van der Waals surface area contributed by atoms with Crippen molar-refractivity contribution < 1.29 is 5.11 Å². The Kier molecular flexibility index (Phi) is 7.13. The van der Waals surface area contributed by atoms with Gasteiger partial charge in [0.1, 0.15) is 5.75 Å². The van der Waals surface area contributed by atoms with Crippen molar-refractivity contribution in [1.82, 2.24) is 5.32 Å². The maximum Gasteiger partial charge on any atom is 0.121 e. The number of nitrogens with one attached hydrogen (secondary N) is 1. The van der Waals surface area contributed by atoms with Crippen LogP contribution in [-0.4, -0.2) is 31.3 Å². The molecule has 1 aliphatic rings. The van der Waals surface area contributed by atoms with E-state index in [9.17, 15) is 5.11 Å². The fourth-order valence-corrected chi connectivity index (χ4v) is 2.04. The molecule has 2 N–H and O–H groups in total. The first kappa shape index (κ1) is 16.7. The molecule has 0 aliphatic carbocycles. The van der Waals surface area contributed by atoms with Gasteiger partial charge >= 0.3 is 0 Å². The van der Waals surface area contributed by atoms with Crippen molar-refractivity contribution in [3.8, 4) is 5.75 Å². The predicted octanol–water partition coefficient (Wildman–Crippen LogP) is 2.57. The van der Waals surface area contributed by atoms with Gasteiger partial charge in [-0.1, -0.05) is 0 Å². The predicted molar refractivity (Wildman–Crippen MR) is 83.3 cm³/mol. The molecule has 1 saturated heterocycles. The van der Waals surface area contributed by atoms with Crippen molar-refractivity contribution in [2.45, 2.75) is 13.8 Å². The minimum Gasteiger partial charge on any atom is -0.507 e. The number of benzene rings is 1. The topological polar surface area (TPSA) is 35.5 Å². The van der Waals surface area contributed by atoms with E-state index in [4.69, 9.17) is 0 Å². The van der Waals surface area contributed by atoms with Gasteiger partial charge in [-0.25, -0.2) is 0 Å². The number of hydrogen-bond acceptors (Lipinski definition) is 3. The van der Waals surface area contributed by atoms with Gasteiger partial charge in [-0.2, -0.15) is 0 Å². The van der Waals surface area contributed by atoms with Gasteiger partial charge in [-0.05, 0) is 37.1 Å². The lowest BCUT2D eigenvalue weighted by Crippen LogP contribution is -2.43. The minimum atomic E-state index is 0. The van der Waals surface area contributed by atoms with Crippen LogP contribution in [0.25, 0.3) is 0 Å². The highest BCUT2D eigenvalue weighted by Crippen LogP contribution is 2.27. The summed E-state index contributed by atoms with van der Waals surface area (Å²) in [7, 11) is 0. The first-order valence-electron chi connectivity index (χ1n) is 5.44. The normalized spacial score (nSPS) is 14.8. The van der Waals surface area contributed by atoms with Gasteiger partial charge in [-0.15, -0.1) is 34.0 Å². The van der Waals surface area contributed by atoms with Crippen LogP contribution in [0, 0.1) is 13.8 Å². The van der Waals surface area contributed by atoms with Crippen molar-refractivity contribution in [2.24, 2.45) is 0 Å². The highest BCUT2D eigenvalue weighted by molar-refractivity contribution is 8.93. The highest BCUT2D eigenvalue weighted by atomic mass is 79.9. The van der Waals surface area contributed by atoms with Gasteiger partial charge in [0.05, 0.1) is 0 Å². The lowest BCUT2D eigenvalue weighted by atomic mass is 10.1. The molecular weight excluding hydrogens is 348 g/mol. The van der Waals surface area contributed by atoms with Crippen molar-refractivity contribution in [3.63, 3.8) is 0 Å². The van der Waals surface area contributed by atoms with Crippen molar-refractivity contribution in [2.75, 3.05) is 31.1 Å². The molecule has 1 heterocycles. The van der Waals surface area contributed by atoms with Crippen LogP contribution in [0.15, 0.2) is 12.1 Å². The molecule has 0 bridgehead atoms. The second kappa shape index (κ2) is 7.24. The summed E-state index contributed by atoms with van der Waals surface area (Å²) in [5, 5.41) is 13.0. The molecular formula is C12H20Br2N2O. The summed E-state index contributed by atoms with van der Waals surface area (Å²) >= 11 is 0. The fraction of sp³-hybridized carbons (Fsp3) is 0.500. The first-order chi connectivity index (χ1) is 7.18. The van der Waals surface area contributed by atoms with E-state index in [1.165, 1.54) is 5.69 Å². The average molecular weight is 368 g/mol. The van der Waals surface area contributed by atoms with Gasteiger partial charge in [0.2, 0.25) is 0 Å². The summed E-state index contributed by atoms with van der Waals surface area (Å²) in [5.41, 5.74) is 3.15. The van der Waals surface area contributed by atoms with E-state index >= 15 is 0 Å². The van der Waals surface area contributed by atoms with Crippen LogP contribution in [0.1, 0.15) is 11.1 Å². The van der Waals surface area contributed by atoms with Crippen LogP contribution in [0.4, 0.5) is 5.69 Å². The van der Waals surface area contributed by atoms with Gasteiger partial charge in [0.25, 0.3) is 0 Å². The Bertz CT molecular complexity index is 343. The largest absolute Gasteiger partial charge is 0.507 e. The lowest BCUT2D eigenvalue weighted by molar-refractivity contribution is 0.466. The number of hydrogen-bond donors (Lipinski definition) is 2. The van der Waals surface area contributed by atoms with Crippen molar-refractivity contribution in [1.29, 1.82) is 0 Å². The summed E-state index contributed by atoms with van der Waals surface area (Å²) in [6.45, 7) is 8.08. The molecule has 1 aliphatic heterocycles.